The smallest absolute Gasteiger partial charge is 0.273 e. The highest BCUT2D eigenvalue weighted by Crippen LogP contribution is 2.12. The maximum atomic E-state index is 12.9. The van der Waals surface area contributed by atoms with Crippen LogP contribution in [0.5, 0.6) is 0 Å². The van der Waals surface area contributed by atoms with Crippen LogP contribution in [0.15, 0.2) is 53.5 Å². The highest BCUT2D eigenvalue weighted by molar-refractivity contribution is 6.02. The topological polar surface area (TPSA) is 100 Å². The van der Waals surface area contributed by atoms with Gasteiger partial charge in [-0.2, -0.15) is 0 Å². The molecule has 0 saturated carbocycles. The Balaban J connectivity index is 1.84. The lowest BCUT2D eigenvalue weighted by molar-refractivity contribution is 0.102. The zero-order valence-corrected chi connectivity index (χ0v) is 12.4. The minimum atomic E-state index is -0.528. The Bertz CT molecular complexity index is 931. The molecule has 3 rings (SSSR count). The van der Waals surface area contributed by atoms with Crippen molar-refractivity contribution in [3.63, 3.8) is 0 Å². The number of nitrogens with one attached hydrogen (secondary N) is 2. The van der Waals surface area contributed by atoms with Crippen LogP contribution in [0.4, 0.5) is 10.1 Å². The lowest BCUT2D eigenvalue weighted by Crippen LogP contribution is -2.15. The van der Waals surface area contributed by atoms with Crippen molar-refractivity contribution in [3.05, 3.63) is 76.1 Å². The van der Waals surface area contributed by atoms with Crippen molar-refractivity contribution in [1.82, 2.24) is 14.8 Å². The summed E-state index contributed by atoms with van der Waals surface area (Å²) in [6, 6.07) is 10.3. The Hall–Kier alpha value is -3.26. The van der Waals surface area contributed by atoms with E-state index in [-0.39, 0.29) is 18.1 Å². The fourth-order valence-corrected chi connectivity index (χ4v) is 2.13. The maximum Gasteiger partial charge on any atom is 0.273 e. The summed E-state index contributed by atoms with van der Waals surface area (Å²) in [6.07, 6.45) is 0.975. The summed E-state index contributed by atoms with van der Waals surface area (Å²) in [7, 11) is 0. The summed E-state index contributed by atoms with van der Waals surface area (Å²) < 4.78 is 13.9. The fourth-order valence-electron chi connectivity index (χ4n) is 2.13. The summed E-state index contributed by atoms with van der Waals surface area (Å²) in [5, 5.41) is 14.3. The third kappa shape index (κ3) is 3.23. The van der Waals surface area contributed by atoms with Crippen molar-refractivity contribution in [2.45, 2.75) is 6.61 Å². The molecule has 122 valence electrons. The minimum Gasteiger partial charge on any atom is -0.392 e. The summed E-state index contributed by atoms with van der Waals surface area (Å²) >= 11 is 0. The first kappa shape index (κ1) is 15.6. The molecule has 0 atom stereocenters. The number of anilines is 1. The van der Waals surface area contributed by atoms with E-state index in [1.807, 2.05) is 0 Å². The molecule has 0 aliphatic carbocycles. The van der Waals surface area contributed by atoms with Crippen LogP contribution in [0.25, 0.3) is 5.82 Å². The predicted molar refractivity (Wildman–Crippen MR) is 84.5 cm³/mol. The number of amides is 1. The molecule has 1 amide bonds. The Morgan fingerprint density at radius 2 is 2.12 bits per heavy atom. The van der Waals surface area contributed by atoms with Gasteiger partial charge in [0.1, 0.15) is 11.5 Å². The van der Waals surface area contributed by atoms with Gasteiger partial charge in [0.25, 0.3) is 11.5 Å². The molecule has 0 saturated heterocycles. The van der Waals surface area contributed by atoms with Crippen LogP contribution in [-0.2, 0) is 6.61 Å². The number of pyridine rings is 1. The number of carbonyl (C=O) groups is 1. The van der Waals surface area contributed by atoms with E-state index in [2.05, 4.69) is 15.4 Å². The molecule has 2 heterocycles. The maximum absolute atomic E-state index is 12.9. The summed E-state index contributed by atoms with van der Waals surface area (Å²) in [6.45, 7) is -0.146. The first-order chi connectivity index (χ1) is 11.6. The number of carbonyl (C=O) groups excluding carboxylic acids is 1. The van der Waals surface area contributed by atoms with Crippen LogP contribution in [-0.4, -0.2) is 25.8 Å². The largest absolute Gasteiger partial charge is 0.392 e. The van der Waals surface area contributed by atoms with E-state index >= 15 is 0 Å². The highest BCUT2D eigenvalue weighted by Gasteiger charge is 2.13. The average molecular weight is 328 g/mol. The van der Waals surface area contributed by atoms with Gasteiger partial charge in [-0.3, -0.25) is 14.7 Å². The molecule has 7 nitrogen and oxygen atoms in total. The fraction of sp³-hybridized carbons (Fsp3) is 0.0625. The summed E-state index contributed by atoms with van der Waals surface area (Å²) in [4.78, 5) is 28.0. The lowest BCUT2D eigenvalue weighted by atomic mass is 10.2. The molecular weight excluding hydrogens is 315 g/mol. The third-order valence-electron chi connectivity index (χ3n) is 3.27. The average Bonchev–Trinajstić information content (AvgIpc) is 2.98. The third-order valence-corrected chi connectivity index (χ3v) is 3.27. The van der Waals surface area contributed by atoms with Crippen molar-refractivity contribution in [3.8, 4) is 5.82 Å². The van der Waals surface area contributed by atoms with E-state index in [0.29, 0.717) is 11.3 Å². The molecule has 0 radical (unpaired) electrons. The Morgan fingerprint density at radius 3 is 2.83 bits per heavy atom. The molecule has 0 fully saturated rings. The number of aliphatic hydroxyl groups is 1. The molecule has 3 N–H and O–H groups in total. The van der Waals surface area contributed by atoms with Crippen LogP contribution in [0.2, 0.25) is 0 Å². The van der Waals surface area contributed by atoms with Crippen molar-refractivity contribution in [2.24, 2.45) is 0 Å². The van der Waals surface area contributed by atoms with Crippen molar-refractivity contribution >= 4 is 11.6 Å². The van der Waals surface area contributed by atoms with Crippen molar-refractivity contribution in [2.75, 3.05) is 5.32 Å². The van der Waals surface area contributed by atoms with Gasteiger partial charge >= 0.3 is 0 Å². The lowest BCUT2D eigenvalue weighted by Gasteiger charge is -2.05. The van der Waals surface area contributed by atoms with Crippen molar-refractivity contribution < 1.29 is 14.3 Å². The van der Waals surface area contributed by atoms with E-state index < -0.39 is 17.3 Å². The highest BCUT2D eigenvalue weighted by atomic mass is 19.1. The van der Waals surface area contributed by atoms with Gasteiger partial charge < -0.3 is 10.4 Å². The molecule has 0 bridgehead atoms. The molecule has 0 aliphatic heterocycles. The van der Waals surface area contributed by atoms with E-state index in [1.54, 1.807) is 24.3 Å². The first-order valence-electron chi connectivity index (χ1n) is 7.02. The molecular formula is C16H13FN4O3. The van der Waals surface area contributed by atoms with Gasteiger partial charge in [-0.1, -0.05) is 12.1 Å². The van der Waals surface area contributed by atoms with Gasteiger partial charge in [-0.05, 0) is 29.8 Å². The number of benzene rings is 1. The normalized spacial score (nSPS) is 10.6. The number of H-pyrrole nitrogens is 1. The van der Waals surface area contributed by atoms with Crippen LogP contribution in [0.3, 0.4) is 0 Å². The van der Waals surface area contributed by atoms with Crippen LogP contribution >= 0.6 is 0 Å². The minimum absolute atomic E-state index is 0.0283. The number of aromatic amines is 1. The van der Waals surface area contributed by atoms with Crippen LogP contribution in [0.1, 0.15) is 16.1 Å². The number of halogens is 1. The Morgan fingerprint density at radius 1 is 1.29 bits per heavy atom. The SMILES string of the molecule is O=C(Nc1cccc(CO)c1)c1cc(=O)n(-c2ccc(F)cn2)[nH]1. The molecule has 0 spiro atoms. The monoisotopic (exact) mass is 328 g/mol. The number of hydrogen-bond acceptors (Lipinski definition) is 4. The number of hydrogen-bond donors (Lipinski definition) is 3. The van der Waals surface area contributed by atoms with E-state index in [1.165, 1.54) is 6.07 Å². The van der Waals surface area contributed by atoms with Crippen molar-refractivity contribution in [1.29, 1.82) is 0 Å². The number of rotatable bonds is 4. The molecule has 0 aliphatic rings. The molecule has 0 unspecified atom stereocenters. The molecule has 1 aromatic carbocycles. The van der Waals surface area contributed by atoms with E-state index in [0.717, 1.165) is 23.0 Å². The zero-order valence-electron chi connectivity index (χ0n) is 12.4. The summed E-state index contributed by atoms with van der Waals surface area (Å²) in [5.74, 6) is -0.883. The second-order valence-electron chi connectivity index (χ2n) is 4.99. The number of aliphatic hydroxyl groups excluding tert-OH is 1. The quantitative estimate of drug-likeness (QED) is 0.675. The molecule has 8 heteroatoms. The first-order valence-corrected chi connectivity index (χ1v) is 7.02. The van der Waals surface area contributed by atoms with Gasteiger partial charge in [0.15, 0.2) is 5.82 Å². The van der Waals surface area contributed by atoms with E-state index in [9.17, 15) is 14.0 Å². The van der Waals surface area contributed by atoms with Crippen LogP contribution in [0, 0.1) is 5.82 Å². The van der Waals surface area contributed by atoms with Gasteiger partial charge in [-0.25, -0.2) is 14.1 Å². The predicted octanol–water partition coefficient (Wildman–Crippen LogP) is 1.44. The Labute approximate surface area is 135 Å². The number of nitrogens with zero attached hydrogens (tertiary/aromatic N) is 2. The molecule has 2 aromatic heterocycles. The van der Waals surface area contributed by atoms with Gasteiger partial charge in [-0.15, -0.1) is 0 Å². The van der Waals surface area contributed by atoms with Gasteiger partial charge in [0.05, 0.1) is 12.8 Å². The number of aromatic nitrogens is 3. The van der Waals surface area contributed by atoms with Gasteiger partial charge in [0, 0.05) is 11.8 Å². The Kier molecular flexibility index (Phi) is 4.21. The van der Waals surface area contributed by atoms with E-state index in [4.69, 9.17) is 5.11 Å². The second-order valence-corrected chi connectivity index (χ2v) is 4.99. The second kappa shape index (κ2) is 6.47. The molecule has 24 heavy (non-hydrogen) atoms. The standard InChI is InChI=1S/C16H13FN4O3/c17-11-4-5-14(18-8-11)21-15(23)7-13(20-21)16(24)19-12-3-1-2-10(6-12)9-22/h1-8,20,22H,9H2,(H,19,24). The van der Waals surface area contributed by atoms with Crippen LogP contribution < -0.4 is 10.9 Å². The zero-order chi connectivity index (χ0) is 17.1. The molecule has 3 aromatic rings. The van der Waals surface area contributed by atoms with Gasteiger partial charge in [0.2, 0.25) is 0 Å². The summed E-state index contributed by atoms with van der Waals surface area (Å²) in [5.41, 5.74) is 0.665.